The van der Waals surface area contributed by atoms with Gasteiger partial charge in [0.25, 0.3) is 0 Å². The van der Waals surface area contributed by atoms with Crippen LogP contribution in [0.3, 0.4) is 0 Å². The van der Waals surface area contributed by atoms with E-state index in [1.54, 1.807) is 10.7 Å². The van der Waals surface area contributed by atoms with Gasteiger partial charge >= 0.3 is 0 Å². The van der Waals surface area contributed by atoms with Gasteiger partial charge in [-0.15, -0.1) is 0 Å². The van der Waals surface area contributed by atoms with Crippen molar-refractivity contribution in [2.24, 2.45) is 0 Å². The van der Waals surface area contributed by atoms with Crippen LogP contribution >= 0.6 is 11.6 Å². The molecular formula is C13H16ClN3O. The van der Waals surface area contributed by atoms with Gasteiger partial charge in [-0.25, -0.2) is 9.67 Å². The summed E-state index contributed by atoms with van der Waals surface area (Å²) in [7, 11) is 0. The Morgan fingerprint density at radius 3 is 2.67 bits per heavy atom. The number of aromatic nitrogens is 3. The minimum atomic E-state index is -0.112. The summed E-state index contributed by atoms with van der Waals surface area (Å²) in [6, 6.07) is 5.51. The first-order valence-corrected chi connectivity index (χ1v) is 6.42. The molecule has 0 aliphatic rings. The molecule has 0 bridgehead atoms. The molecule has 0 atom stereocenters. The fraction of sp³-hybridized carbons (Fsp3) is 0.385. The van der Waals surface area contributed by atoms with Crippen LogP contribution in [0.5, 0.6) is 0 Å². The van der Waals surface area contributed by atoms with Crippen molar-refractivity contribution in [3.63, 3.8) is 0 Å². The molecule has 0 saturated carbocycles. The number of aliphatic hydroxyl groups excluding tert-OH is 1. The van der Waals surface area contributed by atoms with Crippen molar-refractivity contribution in [2.45, 2.75) is 33.3 Å². The van der Waals surface area contributed by atoms with Crippen LogP contribution in [0.4, 0.5) is 0 Å². The topological polar surface area (TPSA) is 50.9 Å². The quantitative estimate of drug-likeness (QED) is 0.924. The summed E-state index contributed by atoms with van der Waals surface area (Å²) in [5, 5.41) is 14.4. The highest BCUT2D eigenvalue weighted by Crippen LogP contribution is 2.24. The lowest BCUT2D eigenvalue weighted by Crippen LogP contribution is -2.06. The summed E-state index contributed by atoms with van der Waals surface area (Å²) in [5.41, 5.74) is 1.48. The molecule has 0 spiro atoms. The standard InChI is InChI=1S/C13H16ClN3O/c1-3-12-15-13(4-2)17(16-12)11-7-5-6-10(14)9(11)8-18/h5-7,18H,3-4,8H2,1-2H3. The Morgan fingerprint density at radius 1 is 1.28 bits per heavy atom. The first kappa shape index (κ1) is 13.1. The van der Waals surface area contributed by atoms with E-state index in [2.05, 4.69) is 10.1 Å². The van der Waals surface area contributed by atoms with E-state index in [0.717, 1.165) is 30.2 Å². The second-order valence-electron chi connectivity index (χ2n) is 3.96. The van der Waals surface area contributed by atoms with E-state index in [0.29, 0.717) is 10.6 Å². The Hall–Kier alpha value is -1.39. The van der Waals surface area contributed by atoms with Crippen LogP contribution in [0.25, 0.3) is 5.69 Å². The zero-order valence-corrected chi connectivity index (χ0v) is 11.3. The lowest BCUT2D eigenvalue weighted by molar-refractivity contribution is 0.281. The van der Waals surface area contributed by atoms with Crippen LogP contribution in [0.2, 0.25) is 5.02 Å². The van der Waals surface area contributed by atoms with Gasteiger partial charge in [0, 0.05) is 23.4 Å². The first-order valence-electron chi connectivity index (χ1n) is 6.04. The molecule has 2 aromatic rings. The molecule has 0 unspecified atom stereocenters. The fourth-order valence-electron chi connectivity index (χ4n) is 1.87. The van der Waals surface area contributed by atoms with Gasteiger partial charge in [-0.05, 0) is 12.1 Å². The summed E-state index contributed by atoms with van der Waals surface area (Å²) in [4.78, 5) is 4.46. The summed E-state index contributed by atoms with van der Waals surface area (Å²) >= 11 is 6.09. The van der Waals surface area contributed by atoms with Crippen LogP contribution in [-0.4, -0.2) is 19.9 Å². The minimum absolute atomic E-state index is 0.112. The van der Waals surface area contributed by atoms with E-state index >= 15 is 0 Å². The van der Waals surface area contributed by atoms with Crippen molar-refractivity contribution >= 4 is 11.6 Å². The summed E-state index contributed by atoms with van der Waals surface area (Å²) in [6.07, 6.45) is 1.57. The van der Waals surface area contributed by atoms with Crippen LogP contribution < -0.4 is 0 Å². The van der Waals surface area contributed by atoms with Crippen molar-refractivity contribution in [1.82, 2.24) is 14.8 Å². The highest BCUT2D eigenvalue weighted by Gasteiger charge is 2.13. The number of aryl methyl sites for hydroxylation is 2. The number of hydrogen-bond donors (Lipinski definition) is 1. The van der Waals surface area contributed by atoms with E-state index in [1.165, 1.54) is 0 Å². The van der Waals surface area contributed by atoms with E-state index in [-0.39, 0.29) is 6.61 Å². The third kappa shape index (κ3) is 2.26. The molecule has 2 rings (SSSR count). The van der Waals surface area contributed by atoms with Crippen molar-refractivity contribution < 1.29 is 5.11 Å². The summed E-state index contributed by atoms with van der Waals surface area (Å²) in [5.74, 6) is 1.68. The maximum atomic E-state index is 9.44. The Kier molecular flexibility index (Phi) is 3.99. The smallest absolute Gasteiger partial charge is 0.151 e. The molecule has 0 aliphatic heterocycles. The molecule has 0 amide bonds. The number of rotatable bonds is 4. The molecular weight excluding hydrogens is 250 g/mol. The first-order chi connectivity index (χ1) is 8.71. The second-order valence-corrected chi connectivity index (χ2v) is 4.37. The predicted molar refractivity (Wildman–Crippen MR) is 71.0 cm³/mol. The van der Waals surface area contributed by atoms with Gasteiger partial charge in [0.05, 0.1) is 12.3 Å². The SMILES string of the molecule is CCc1nc(CC)n(-c2cccc(Cl)c2CO)n1. The van der Waals surface area contributed by atoms with Crippen molar-refractivity contribution in [2.75, 3.05) is 0 Å². The van der Waals surface area contributed by atoms with Crippen molar-refractivity contribution in [3.05, 3.63) is 40.4 Å². The number of halogens is 1. The molecule has 4 nitrogen and oxygen atoms in total. The molecule has 0 aliphatic carbocycles. The predicted octanol–water partition coefficient (Wildman–Crippen LogP) is 2.54. The third-order valence-corrected chi connectivity index (χ3v) is 3.19. The average molecular weight is 266 g/mol. The molecule has 18 heavy (non-hydrogen) atoms. The Balaban J connectivity index is 2.60. The van der Waals surface area contributed by atoms with Crippen molar-refractivity contribution in [3.8, 4) is 5.69 Å². The molecule has 5 heteroatoms. The Labute approximate surface area is 111 Å². The van der Waals surface area contributed by atoms with Gasteiger partial charge in [-0.1, -0.05) is 31.5 Å². The molecule has 1 aromatic carbocycles. The highest BCUT2D eigenvalue weighted by molar-refractivity contribution is 6.31. The van der Waals surface area contributed by atoms with E-state index in [4.69, 9.17) is 11.6 Å². The van der Waals surface area contributed by atoms with Crippen LogP contribution in [0.15, 0.2) is 18.2 Å². The zero-order valence-electron chi connectivity index (χ0n) is 10.5. The summed E-state index contributed by atoms with van der Waals surface area (Å²) < 4.78 is 1.77. The monoisotopic (exact) mass is 265 g/mol. The van der Waals surface area contributed by atoms with Gasteiger partial charge in [-0.3, -0.25) is 0 Å². The molecule has 0 saturated heterocycles. The Morgan fingerprint density at radius 2 is 2.06 bits per heavy atom. The van der Waals surface area contributed by atoms with Gasteiger partial charge in [0.15, 0.2) is 5.82 Å². The largest absolute Gasteiger partial charge is 0.392 e. The molecule has 0 radical (unpaired) electrons. The summed E-state index contributed by atoms with van der Waals surface area (Å²) in [6.45, 7) is 3.94. The maximum Gasteiger partial charge on any atom is 0.151 e. The Bertz CT molecular complexity index is 551. The van der Waals surface area contributed by atoms with E-state index in [1.807, 2.05) is 26.0 Å². The zero-order chi connectivity index (χ0) is 13.1. The van der Waals surface area contributed by atoms with E-state index in [9.17, 15) is 5.11 Å². The minimum Gasteiger partial charge on any atom is -0.392 e. The van der Waals surface area contributed by atoms with E-state index < -0.39 is 0 Å². The average Bonchev–Trinajstić information content (AvgIpc) is 2.81. The van der Waals surface area contributed by atoms with Gasteiger partial charge in [0.1, 0.15) is 5.82 Å². The second kappa shape index (κ2) is 5.50. The maximum absolute atomic E-state index is 9.44. The normalized spacial score (nSPS) is 10.9. The van der Waals surface area contributed by atoms with Gasteiger partial charge in [0.2, 0.25) is 0 Å². The molecule has 1 N–H and O–H groups in total. The van der Waals surface area contributed by atoms with Crippen LogP contribution in [0, 0.1) is 0 Å². The fourth-order valence-corrected chi connectivity index (χ4v) is 2.09. The molecule has 0 fully saturated rings. The third-order valence-electron chi connectivity index (χ3n) is 2.83. The number of benzene rings is 1. The number of nitrogens with zero attached hydrogens (tertiary/aromatic N) is 3. The number of aliphatic hydroxyl groups is 1. The molecule has 96 valence electrons. The highest BCUT2D eigenvalue weighted by atomic mass is 35.5. The molecule has 1 aromatic heterocycles. The number of hydrogen-bond acceptors (Lipinski definition) is 3. The lowest BCUT2D eigenvalue weighted by atomic mass is 10.2. The van der Waals surface area contributed by atoms with Crippen LogP contribution in [0.1, 0.15) is 31.1 Å². The lowest BCUT2D eigenvalue weighted by Gasteiger charge is -2.10. The van der Waals surface area contributed by atoms with Gasteiger partial charge in [-0.2, -0.15) is 5.10 Å². The van der Waals surface area contributed by atoms with Crippen LogP contribution in [-0.2, 0) is 19.4 Å². The van der Waals surface area contributed by atoms with Gasteiger partial charge < -0.3 is 5.11 Å². The van der Waals surface area contributed by atoms with Crippen molar-refractivity contribution in [1.29, 1.82) is 0 Å². The molecule has 1 heterocycles.